The number of carbonyl (C=O) groups excluding carboxylic acids is 3. The molecule has 0 bridgehead atoms. The predicted molar refractivity (Wildman–Crippen MR) is 154 cm³/mol. The van der Waals surface area contributed by atoms with Gasteiger partial charge in [-0.15, -0.1) is 6.42 Å². The maximum Gasteiger partial charge on any atom is 0.251 e. The van der Waals surface area contributed by atoms with Crippen LogP contribution >= 0.6 is 0 Å². The lowest BCUT2D eigenvalue weighted by Gasteiger charge is -2.49. The first kappa shape index (κ1) is 26.8. The lowest BCUT2D eigenvalue weighted by atomic mass is 9.77. The highest BCUT2D eigenvalue weighted by Gasteiger charge is 2.73. The largest absolute Gasteiger partial charge is 0.372 e. The fourth-order valence-electron chi connectivity index (χ4n) is 8.30. The summed E-state index contributed by atoms with van der Waals surface area (Å²) in [5.41, 5.74) is 11.9. The first-order valence-corrected chi connectivity index (χ1v) is 14.9. The number of rotatable bonds is 4. The Kier molecular flexibility index (Phi) is 6.03. The minimum Gasteiger partial charge on any atom is -0.372 e. The molecule has 7 atom stereocenters. The number of imide groups is 1. The zero-order valence-electron chi connectivity index (χ0n) is 23.4. The number of nitrogens with one attached hydrogen (secondary N) is 2. The number of hydrogen-bond donors (Lipinski definition) is 5. The average Bonchev–Trinajstić information content (AvgIpc) is 3.57. The number of likely N-dealkylation sites (tertiary alicyclic amines) is 1. The van der Waals surface area contributed by atoms with E-state index >= 15 is 0 Å². The summed E-state index contributed by atoms with van der Waals surface area (Å²) < 4.78 is 0. The molecular weight excluding hydrogens is 536 g/mol. The van der Waals surface area contributed by atoms with Crippen LogP contribution in [0.15, 0.2) is 28.2 Å². The van der Waals surface area contributed by atoms with Gasteiger partial charge in [-0.2, -0.15) is 0 Å². The van der Waals surface area contributed by atoms with E-state index in [0.29, 0.717) is 18.4 Å². The van der Waals surface area contributed by atoms with Gasteiger partial charge in [-0.05, 0) is 55.7 Å². The Morgan fingerprint density at radius 3 is 2.55 bits per heavy atom. The monoisotopic (exact) mass is 572 g/mol. The molecule has 5 unspecified atom stereocenters. The maximum atomic E-state index is 13.7. The molecular formula is C30H36N8O4. The smallest absolute Gasteiger partial charge is 0.251 e. The van der Waals surface area contributed by atoms with Crippen molar-refractivity contribution in [2.45, 2.75) is 80.8 Å². The summed E-state index contributed by atoms with van der Waals surface area (Å²) in [6.07, 6.45) is 13.1. The van der Waals surface area contributed by atoms with Gasteiger partial charge in [0.05, 0.1) is 30.5 Å². The quantitative estimate of drug-likeness (QED) is 0.230. The number of terminal acetylenes is 1. The van der Waals surface area contributed by atoms with E-state index in [1.165, 1.54) is 4.90 Å². The van der Waals surface area contributed by atoms with Gasteiger partial charge in [0, 0.05) is 12.1 Å². The van der Waals surface area contributed by atoms with Crippen LogP contribution in [0.25, 0.3) is 0 Å². The first-order valence-electron chi connectivity index (χ1n) is 14.9. The van der Waals surface area contributed by atoms with Crippen LogP contribution in [0.3, 0.4) is 0 Å². The van der Waals surface area contributed by atoms with E-state index in [1.807, 2.05) is 12.1 Å². The SMILES string of the molecule is C#C[C@@]1(O)[C@@H](NC(=O)c2cccc3c2CCCC3)CN2C(N)=NC(CN3C(=O)C4CCCCC4C3=O)C3N=C(N)NC321. The molecule has 1 aromatic carbocycles. The highest BCUT2D eigenvalue weighted by molar-refractivity contribution is 6.05. The molecule has 2 aliphatic carbocycles. The number of aryl methyl sites for hydroxylation is 1. The van der Waals surface area contributed by atoms with E-state index in [2.05, 4.69) is 26.5 Å². The van der Waals surface area contributed by atoms with Gasteiger partial charge in [0.15, 0.2) is 23.2 Å². The Balaban J connectivity index is 1.21. The lowest BCUT2D eigenvalue weighted by molar-refractivity contribution is -0.140. The Bertz CT molecular complexity index is 1460. The van der Waals surface area contributed by atoms with Crippen molar-refractivity contribution in [2.75, 3.05) is 13.1 Å². The zero-order chi connectivity index (χ0) is 29.4. The van der Waals surface area contributed by atoms with Gasteiger partial charge in [0.2, 0.25) is 11.8 Å². The third kappa shape index (κ3) is 3.55. The maximum absolute atomic E-state index is 13.7. The summed E-state index contributed by atoms with van der Waals surface area (Å²) in [7, 11) is 0. The van der Waals surface area contributed by atoms with Crippen molar-refractivity contribution in [3.63, 3.8) is 0 Å². The average molecular weight is 573 g/mol. The fourth-order valence-corrected chi connectivity index (χ4v) is 8.30. The van der Waals surface area contributed by atoms with Gasteiger partial charge < -0.3 is 32.1 Å². The van der Waals surface area contributed by atoms with Crippen LogP contribution in [-0.4, -0.2) is 87.0 Å². The number of aliphatic hydroxyl groups is 1. The summed E-state index contributed by atoms with van der Waals surface area (Å²) in [5.74, 6) is 1.24. The van der Waals surface area contributed by atoms with E-state index in [-0.39, 0.29) is 54.6 Å². The lowest BCUT2D eigenvalue weighted by Crippen LogP contribution is -2.78. The van der Waals surface area contributed by atoms with Crippen LogP contribution in [0.2, 0.25) is 0 Å². The number of fused-ring (bicyclic) bond motifs is 2. The number of hydrogen-bond acceptors (Lipinski definition) is 10. The van der Waals surface area contributed by atoms with Crippen LogP contribution in [0.4, 0.5) is 0 Å². The number of nitrogens with two attached hydrogens (primary N) is 2. The fraction of sp³-hybridized carbons (Fsp3) is 0.567. The third-order valence-electron chi connectivity index (χ3n) is 10.3. The molecule has 4 heterocycles. The minimum absolute atomic E-state index is 0.0189. The van der Waals surface area contributed by atoms with Crippen molar-refractivity contribution in [3.8, 4) is 12.3 Å². The molecule has 3 fully saturated rings. The van der Waals surface area contributed by atoms with Gasteiger partial charge in [-0.3, -0.25) is 19.3 Å². The van der Waals surface area contributed by atoms with E-state index in [9.17, 15) is 19.5 Å². The number of benzene rings is 1. The topological polar surface area (TPSA) is 179 Å². The normalized spacial score (nSPS) is 36.6. The van der Waals surface area contributed by atoms with E-state index in [1.54, 1.807) is 11.0 Å². The van der Waals surface area contributed by atoms with Crippen molar-refractivity contribution in [1.82, 2.24) is 20.4 Å². The second kappa shape index (κ2) is 9.46. The van der Waals surface area contributed by atoms with Crippen molar-refractivity contribution in [1.29, 1.82) is 0 Å². The molecule has 2 saturated heterocycles. The second-order valence-electron chi connectivity index (χ2n) is 12.4. The number of guanidine groups is 2. The summed E-state index contributed by atoms with van der Waals surface area (Å²) in [5, 5.41) is 18.4. The molecule has 0 radical (unpaired) electrons. The van der Waals surface area contributed by atoms with Crippen molar-refractivity contribution in [3.05, 3.63) is 34.9 Å². The molecule has 6 aliphatic rings. The molecule has 4 aliphatic heterocycles. The van der Waals surface area contributed by atoms with Gasteiger partial charge in [-0.1, -0.05) is 30.9 Å². The standard InChI is InChI=1S/C30H36N8O4/c1-2-29(42)22(34-24(39)18-13-7-9-16-8-3-4-10-17(16)18)15-38-28(32)33-21(23-30(29,38)36-27(31)35-23)14-37-25(40)19-11-5-6-12-20(19)26(37)41/h1,7,9,13,19-23,42H,3-6,8,10-12,14-15H2,(H2,32,33)(H,34,39)(H3,31,35,36)/t19?,20?,21?,22-,23?,29+,30?/m0/s1. The van der Waals surface area contributed by atoms with E-state index in [0.717, 1.165) is 49.7 Å². The molecule has 1 saturated carbocycles. The Hall–Kier alpha value is -4.11. The molecule has 12 heteroatoms. The van der Waals surface area contributed by atoms with Crippen molar-refractivity contribution < 1.29 is 19.5 Å². The molecule has 1 aromatic rings. The van der Waals surface area contributed by atoms with Crippen LogP contribution in [0.5, 0.6) is 0 Å². The Morgan fingerprint density at radius 1 is 1.12 bits per heavy atom. The minimum atomic E-state index is -2.03. The van der Waals surface area contributed by atoms with Crippen LogP contribution in [-0.2, 0) is 22.4 Å². The summed E-state index contributed by atoms with van der Waals surface area (Å²) >= 11 is 0. The molecule has 7 rings (SSSR count). The highest BCUT2D eigenvalue weighted by atomic mass is 16.3. The van der Waals surface area contributed by atoms with Gasteiger partial charge >= 0.3 is 0 Å². The van der Waals surface area contributed by atoms with E-state index < -0.39 is 29.4 Å². The van der Waals surface area contributed by atoms with Crippen LogP contribution < -0.4 is 22.1 Å². The molecule has 12 nitrogen and oxygen atoms in total. The third-order valence-corrected chi connectivity index (χ3v) is 10.3. The summed E-state index contributed by atoms with van der Waals surface area (Å²) in [6.45, 7) is -0.0144. The molecule has 220 valence electrons. The van der Waals surface area contributed by atoms with Gasteiger partial charge in [-0.25, -0.2) is 9.98 Å². The zero-order valence-corrected chi connectivity index (χ0v) is 23.4. The van der Waals surface area contributed by atoms with Gasteiger partial charge in [0.25, 0.3) is 5.91 Å². The first-order chi connectivity index (χ1) is 20.2. The number of amides is 3. The molecule has 3 amide bonds. The van der Waals surface area contributed by atoms with Crippen molar-refractivity contribution >= 4 is 29.6 Å². The summed E-state index contributed by atoms with van der Waals surface area (Å²) in [6, 6.07) is 3.06. The number of nitrogens with zero attached hydrogens (tertiary/aromatic N) is 4. The molecule has 7 N–H and O–H groups in total. The Morgan fingerprint density at radius 2 is 1.83 bits per heavy atom. The van der Waals surface area contributed by atoms with E-state index in [4.69, 9.17) is 17.9 Å². The van der Waals surface area contributed by atoms with Gasteiger partial charge in [0.1, 0.15) is 6.04 Å². The van der Waals surface area contributed by atoms with Crippen LogP contribution in [0.1, 0.15) is 60.0 Å². The summed E-state index contributed by atoms with van der Waals surface area (Å²) in [4.78, 5) is 52.4. The molecule has 42 heavy (non-hydrogen) atoms. The second-order valence-corrected chi connectivity index (χ2v) is 12.4. The Labute approximate surface area is 244 Å². The number of aliphatic imine (C=N–C) groups is 2. The highest BCUT2D eigenvalue weighted by Crippen LogP contribution is 2.47. The molecule has 1 spiro atoms. The van der Waals surface area contributed by atoms with Crippen LogP contribution in [0, 0.1) is 24.2 Å². The predicted octanol–water partition coefficient (Wildman–Crippen LogP) is -0.801. The van der Waals surface area contributed by atoms with Crippen molar-refractivity contribution in [2.24, 2.45) is 33.3 Å². The molecule has 0 aromatic heterocycles. The number of carbonyl (C=O) groups is 3.